The van der Waals surface area contributed by atoms with Crippen LogP contribution in [0.25, 0.3) is 0 Å². The summed E-state index contributed by atoms with van der Waals surface area (Å²) in [7, 11) is 0. The average Bonchev–Trinajstić information content (AvgIpc) is 1.82. The summed E-state index contributed by atoms with van der Waals surface area (Å²) < 4.78 is 0. The zero-order valence-corrected chi connectivity index (χ0v) is 7.00. The van der Waals surface area contributed by atoms with Crippen molar-refractivity contribution in [3.05, 3.63) is 0 Å². The molecular weight excluding hydrogens is 144 g/mol. The molecule has 0 radical (unpaired) electrons. The topological polar surface area (TPSA) is 89.3 Å². The van der Waals surface area contributed by atoms with E-state index in [1.165, 1.54) is 0 Å². The van der Waals surface area contributed by atoms with Crippen molar-refractivity contribution in [3.8, 4) is 0 Å². The van der Waals surface area contributed by atoms with Crippen molar-refractivity contribution in [2.24, 2.45) is 11.5 Å². The molecule has 0 aliphatic carbocycles. The molecule has 0 heterocycles. The molecular formula is C7H16N2O2. The first-order chi connectivity index (χ1) is 4.87. The molecule has 0 fully saturated rings. The molecule has 0 aromatic carbocycles. The molecule has 0 aromatic rings. The molecule has 4 heteroatoms. The minimum absolute atomic E-state index is 0.358. The quantitative estimate of drug-likeness (QED) is 0.492. The van der Waals surface area contributed by atoms with Gasteiger partial charge in [0.2, 0.25) is 0 Å². The van der Waals surface area contributed by atoms with Crippen LogP contribution in [0.5, 0.6) is 0 Å². The first-order valence-electron chi connectivity index (χ1n) is 3.55. The zero-order valence-electron chi connectivity index (χ0n) is 7.00. The lowest BCUT2D eigenvalue weighted by atomic mass is 9.95. The van der Waals surface area contributed by atoms with Crippen LogP contribution >= 0.6 is 0 Å². The number of aliphatic hydroxyl groups is 1. The molecule has 0 rings (SSSR count). The molecule has 0 saturated heterocycles. The number of rotatable bonds is 4. The fourth-order valence-electron chi connectivity index (χ4n) is 0.798. The SMILES string of the molecule is CC(C)(N)CC(N)C(=O)CO. The first-order valence-corrected chi connectivity index (χ1v) is 3.55. The van der Waals surface area contributed by atoms with Crippen LogP contribution in [0, 0.1) is 0 Å². The van der Waals surface area contributed by atoms with Crippen molar-refractivity contribution in [2.45, 2.75) is 31.8 Å². The van der Waals surface area contributed by atoms with E-state index in [9.17, 15) is 4.79 Å². The third-order valence-electron chi connectivity index (χ3n) is 1.32. The Kier molecular flexibility index (Phi) is 3.65. The van der Waals surface area contributed by atoms with Crippen molar-refractivity contribution >= 4 is 5.78 Å². The highest BCUT2D eigenvalue weighted by Gasteiger charge is 2.20. The molecule has 66 valence electrons. The Morgan fingerprint density at radius 1 is 1.64 bits per heavy atom. The third kappa shape index (κ3) is 4.89. The molecule has 4 nitrogen and oxygen atoms in total. The van der Waals surface area contributed by atoms with Crippen LogP contribution in [0.1, 0.15) is 20.3 Å². The number of nitrogens with two attached hydrogens (primary N) is 2. The fraction of sp³-hybridized carbons (Fsp3) is 0.857. The number of hydrogen-bond donors (Lipinski definition) is 3. The van der Waals surface area contributed by atoms with E-state index in [1.54, 1.807) is 13.8 Å². The number of carbonyl (C=O) groups is 1. The predicted octanol–water partition coefficient (Wildman–Crippen LogP) is -0.997. The fourth-order valence-corrected chi connectivity index (χ4v) is 0.798. The molecule has 5 N–H and O–H groups in total. The summed E-state index contributed by atoms with van der Waals surface area (Å²) in [6, 6.07) is -0.639. The van der Waals surface area contributed by atoms with Crippen LogP contribution in [0.4, 0.5) is 0 Å². The van der Waals surface area contributed by atoms with E-state index in [1.807, 2.05) is 0 Å². The third-order valence-corrected chi connectivity index (χ3v) is 1.32. The number of aliphatic hydroxyl groups excluding tert-OH is 1. The van der Waals surface area contributed by atoms with Gasteiger partial charge in [-0.05, 0) is 20.3 Å². The Morgan fingerprint density at radius 2 is 2.09 bits per heavy atom. The monoisotopic (exact) mass is 160 g/mol. The molecule has 0 aliphatic heterocycles. The van der Waals surface area contributed by atoms with E-state index in [0.717, 1.165) is 0 Å². The maximum Gasteiger partial charge on any atom is 0.174 e. The summed E-state index contributed by atoms with van der Waals surface area (Å²) in [5.74, 6) is -0.358. The molecule has 11 heavy (non-hydrogen) atoms. The Balaban J connectivity index is 3.87. The Bertz CT molecular complexity index is 140. The number of Topliss-reactive ketones (excluding diaryl/α,β-unsaturated/α-hetero) is 1. The van der Waals surface area contributed by atoms with Crippen LogP contribution in [0.15, 0.2) is 0 Å². The molecule has 0 amide bonds. The van der Waals surface area contributed by atoms with Crippen LogP contribution in [0.2, 0.25) is 0 Å². The summed E-state index contributed by atoms with van der Waals surface area (Å²) in [4.78, 5) is 10.8. The van der Waals surface area contributed by atoms with Gasteiger partial charge in [-0.1, -0.05) is 0 Å². The van der Waals surface area contributed by atoms with Crippen LogP contribution in [-0.4, -0.2) is 29.1 Å². The van der Waals surface area contributed by atoms with Gasteiger partial charge >= 0.3 is 0 Å². The number of carbonyl (C=O) groups excluding carboxylic acids is 1. The van der Waals surface area contributed by atoms with Gasteiger partial charge in [-0.3, -0.25) is 4.79 Å². The van der Waals surface area contributed by atoms with Crippen molar-refractivity contribution in [3.63, 3.8) is 0 Å². The van der Waals surface area contributed by atoms with Crippen molar-refractivity contribution in [2.75, 3.05) is 6.61 Å². The highest BCUT2D eigenvalue weighted by Crippen LogP contribution is 2.06. The molecule has 0 aliphatic rings. The molecule has 1 atom stereocenters. The average molecular weight is 160 g/mol. The van der Waals surface area contributed by atoms with Gasteiger partial charge < -0.3 is 16.6 Å². The zero-order chi connectivity index (χ0) is 9.07. The van der Waals surface area contributed by atoms with Crippen molar-refractivity contribution in [1.82, 2.24) is 0 Å². The lowest BCUT2D eigenvalue weighted by molar-refractivity contribution is -0.123. The van der Waals surface area contributed by atoms with Gasteiger partial charge in [-0.25, -0.2) is 0 Å². The van der Waals surface area contributed by atoms with Gasteiger partial charge in [0.25, 0.3) is 0 Å². The highest BCUT2D eigenvalue weighted by atomic mass is 16.3. The summed E-state index contributed by atoms with van der Waals surface area (Å²) in [5, 5.41) is 8.43. The lowest BCUT2D eigenvalue weighted by Gasteiger charge is -2.21. The second-order valence-electron chi connectivity index (χ2n) is 3.42. The summed E-state index contributed by atoms with van der Waals surface area (Å²) in [6.07, 6.45) is 0.395. The van der Waals surface area contributed by atoms with E-state index < -0.39 is 18.2 Å². The number of hydrogen-bond acceptors (Lipinski definition) is 4. The molecule has 0 bridgehead atoms. The smallest absolute Gasteiger partial charge is 0.174 e. The number of ketones is 1. The minimum atomic E-state index is -0.639. The van der Waals surface area contributed by atoms with Crippen LogP contribution < -0.4 is 11.5 Å². The Labute approximate surface area is 66.6 Å². The van der Waals surface area contributed by atoms with E-state index >= 15 is 0 Å². The molecule has 0 spiro atoms. The minimum Gasteiger partial charge on any atom is -0.389 e. The maximum atomic E-state index is 10.8. The largest absolute Gasteiger partial charge is 0.389 e. The predicted molar refractivity (Wildman–Crippen MR) is 43.0 cm³/mol. The standard InChI is InChI=1S/C7H16N2O2/c1-7(2,9)3-5(8)6(11)4-10/h5,10H,3-4,8-9H2,1-2H3. The lowest BCUT2D eigenvalue weighted by Crippen LogP contribution is -2.44. The van der Waals surface area contributed by atoms with Crippen molar-refractivity contribution in [1.29, 1.82) is 0 Å². The van der Waals surface area contributed by atoms with Crippen LogP contribution in [-0.2, 0) is 4.79 Å². The van der Waals surface area contributed by atoms with E-state index in [4.69, 9.17) is 16.6 Å². The summed E-state index contributed by atoms with van der Waals surface area (Å²) >= 11 is 0. The normalized spacial score (nSPS) is 14.6. The second-order valence-corrected chi connectivity index (χ2v) is 3.42. The molecule has 1 unspecified atom stereocenters. The first kappa shape index (κ1) is 10.6. The van der Waals surface area contributed by atoms with Gasteiger partial charge in [0, 0.05) is 5.54 Å². The van der Waals surface area contributed by atoms with E-state index in [2.05, 4.69) is 0 Å². The Hall–Kier alpha value is -0.450. The van der Waals surface area contributed by atoms with Gasteiger partial charge in [0.05, 0.1) is 6.04 Å². The molecule has 0 saturated carbocycles. The summed E-state index contributed by atoms with van der Waals surface area (Å²) in [5.41, 5.74) is 10.6. The van der Waals surface area contributed by atoms with Gasteiger partial charge in [-0.2, -0.15) is 0 Å². The van der Waals surface area contributed by atoms with E-state index in [-0.39, 0.29) is 5.78 Å². The molecule has 0 aromatic heterocycles. The maximum absolute atomic E-state index is 10.8. The highest BCUT2D eigenvalue weighted by molar-refractivity contribution is 5.84. The second kappa shape index (κ2) is 3.80. The van der Waals surface area contributed by atoms with Gasteiger partial charge in [0.1, 0.15) is 6.61 Å². The van der Waals surface area contributed by atoms with Crippen LogP contribution in [0.3, 0.4) is 0 Å². The van der Waals surface area contributed by atoms with Gasteiger partial charge in [0.15, 0.2) is 5.78 Å². The van der Waals surface area contributed by atoms with Crippen molar-refractivity contribution < 1.29 is 9.90 Å². The van der Waals surface area contributed by atoms with Gasteiger partial charge in [-0.15, -0.1) is 0 Å². The van der Waals surface area contributed by atoms with E-state index in [0.29, 0.717) is 6.42 Å². The summed E-state index contributed by atoms with van der Waals surface area (Å²) in [6.45, 7) is 3.08. The Morgan fingerprint density at radius 3 is 2.36 bits per heavy atom.